The average molecular weight is 230 g/mol. The van der Waals surface area contributed by atoms with Gasteiger partial charge in [0, 0.05) is 6.92 Å². The molecule has 1 atom stereocenters. The van der Waals surface area contributed by atoms with E-state index in [2.05, 4.69) is 9.47 Å². The molecule has 0 radical (unpaired) electrons. The Morgan fingerprint density at radius 2 is 1.69 bits per heavy atom. The second kappa shape index (κ2) is 6.25. The van der Waals surface area contributed by atoms with E-state index in [0.717, 1.165) is 6.92 Å². The molecule has 0 N–H and O–H groups in total. The van der Waals surface area contributed by atoms with E-state index in [1.165, 1.54) is 7.11 Å². The normalized spacial score (nSPS) is 13.8. The highest BCUT2D eigenvalue weighted by Crippen LogP contribution is 2.31. The predicted octanol–water partition coefficient (Wildman–Crippen LogP) is 1.45. The first-order valence-electron chi connectivity index (χ1n) is 5.25. The molecule has 5 heteroatoms. The summed E-state index contributed by atoms with van der Waals surface area (Å²) in [6.45, 7) is 4.66. The lowest BCUT2D eigenvalue weighted by molar-refractivity contribution is -0.175. The van der Waals surface area contributed by atoms with Crippen LogP contribution < -0.4 is 0 Å². The zero-order valence-electron chi connectivity index (χ0n) is 10.2. The third-order valence-corrected chi connectivity index (χ3v) is 2.48. The molecular weight excluding hydrogens is 212 g/mol. The molecule has 0 aromatic carbocycles. The van der Waals surface area contributed by atoms with Gasteiger partial charge in [0.1, 0.15) is 0 Å². The van der Waals surface area contributed by atoms with Crippen LogP contribution in [0.1, 0.15) is 40.0 Å². The predicted molar refractivity (Wildman–Crippen MR) is 56.4 cm³/mol. The first kappa shape index (κ1) is 14.6. The number of carbonyl (C=O) groups is 3. The van der Waals surface area contributed by atoms with Gasteiger partial charge in [0.05, 0.1) is 7.11 Å². The van der Waals surface area contributed by atoms with Crippen LogP contribution in [0.5, 0.6) is 0 Å². The summed E-state index contributed by atoms with van der Waals surface area (Å²) in [6.07, 6.45) is 1.18. The van der Waals surface area contributed by atoms with Crippen molar-refractivity contribution in [3.63, 3.8) is 0 Å². The molecule has 5 nitrogen and oxygen atoms in total. The molecule has 0 amide bonds. The smallest absolute Gasteiger partial charge is 0.331 e. The van der Waals surface area contributed by atoms with E-state index in [4.69, 9.17) is 0 Å². The van der Waals surface area contributed by atoms with Crippen LogP contribution in [0.2, 0.25) is 0 Å². The maximum absolute atomic E-state index is 11.8. The molecule has 0 aliphatic rings. The van der Waals surface area contributed by atoms with Crippen LogP contribution in [0.3, 0.4) is 0 Å². The molecule has 16 heavy (non-hydrogen) atoms. The molecule has 92 valence electrons. The Morgan fingerprint density at radius 1 is 1.12 bits per heavy atom. The van der Waals surface area contributed by atoms with E-state index in [1.807, 2.05) is 6.92 Å². The quantitative estimate of drug-likeness (QED) is 0.528. The first-order valence-corrected chi connectivity index (χ1v) is 5.25. The Balaban J connectivity index is 5.09. The van der Waals surface area contributed by atoms with Crippen LogP contribution in [0, 0.1) is 5.41 Å². The fourth-order valence-corrected chi connectivity index (χ4v) is 1.60. The van der Waals surface area contributed by atoms with E-state index in [-0.39, 0.29) is 6.42 Å². The van der Waals surface area contributed by atoms with Crippen LogP contribution in [0.4, 0.5) is 0 Å². The van der Waals surface area contributed by atoms with Gasteiger partial charge in [0.2, 0.25) is 0 Å². The number of hydrogen-bond acceptors (Lipinski definition) is 5. The molecule has 0 rings (SSSR count). The summed E-state index contributed by atoms with van der Waals surface area (Å²) in [7, 11) is 1.21. The zero-order valence-corrected chi connectivity index (χ0v) is 10.2. The van der Waals surface area contributed by atoms with E-state index < -0.39 is 23.3 Å². The van der Waals surface area contributed by atoms with E-state index in [1.54, 1.807) is 6.92 Å². The number of rotatable bonds is 5. The van der Waals surface area contributed by atoms with Crippen molar-refractivity contribution in [1.82, 2.24) is 0 Å². The van der Waals surface area contributed by atoms with Gasteiger partial charge in [-0.3, -0.25) is 14.4 Å². The van der Waals surface area contributed by atoms with Crippen molar-refractivity contribution in [2.75, 3.05) is 7.11 Å². The van der Waals surface area contributed by atoms with E-state index >= 15 is 0 Å². The molecule has 0 unspecified atom stereocenters. The van der Waals surface area contributed by atoms with Gasteiger partial charge in [-0.15, -0.1) is 0 Å². The topological polar surface area (TPSA) is 69.7 Å². The largest absolute Gasteiger partial charge is 0.468 e. The molecule has 0 aliphatic heterocycles. The Kier molecular flexibility index (Phi) is 5.71. The maximum atomic E-state index is 11.8. The molecule has 0 aliphatic carbocycles. The van der Waals surface area contributed by atoms with Crippen LogP contribution in [0.25, 0.3) is 0 Å². The Morgan fingerprint density at radius 3 is 2.00 bits per heavy atom. The molecule has 0 aromatic rings. The van der Waals surface area contributed by atoms with Gasteiger partial charge >= 0.3 is 17.9 Å². The minimum absolute atomic E-state index is 0.250. The Bertz CT molecular complexity index is 284. The summed E-state index contributed by atoms with van der Waals surface area (Å²) in [5, 5.41) is 0. The SMILES string of the molecule is CCC[C@@](CC)(C(=O)OC)C(=O)OC(C)=O. The average Bonchev–Trinajstić information content (AvgIpc) is 2.23. The fourth-order valence-electron chi connectivity index (χ4n) is 1.60. The van der Waals surface area contributed by atoms with Crippen LogP contribution in [-0.4, -0.2) is 25.0 Å². The van der Waals surface area contributed by atoms with Crippen molar-refractivity contribution in [1.29, 1.82) is 0 Å². The number of carbonyl (C=O) groups excluding carboxylic acids is 3. The van der Waals surface area contributed by atoms with Gasteiger partial charge in [-0.1, -0.05) is 20.3 Å². The summed E-state index contributed by atoms with van der Waals surface area (Å²) in [5.41, 5.74) is -1.35. The highest BCUT2D eigenvalue weighted by atomic mass is 16.6. The van der Waals surface area contributed by atoms with Gasteiger partial charge in [-0.25, -0.2) is 0 Å². The fraction of sp³-hybridized carbons (Fsp3) is 0.727. The lowest BCUT2D eigenvalue weighted by Crippen LogP contribution is -2.41. The monoisotopic (exact) mass is 230 g/mol. The van der Waals surface area contributed by atoms with E-state index in [9.17, 15) is 14.4 Å². The van der Waals surface area contributed by atoms with Gasteiger partial charge in [-0.2, -0.15) is 0 Å². The van der Waals surface area contributed by atoms with Crippen LogP contribution >= 0.6 is 0 Å². The number of methoxy groups -OCH3 is 1. The second-order valence-electron chi connectivity index (χ2n) is 3.56. The van der Waals surface area contributed by atoms with Gasteiger partial charge in [0.25, 0.3) is 0 Å². The van der Waals surface area contributed by atoms with Crippen LogP contribution in [0.15, 0.2) is 0 Å². The minimum Gasteiger partial charge on any atom is -0.468 e. The molecule has 0 spiro atoms. The van der Waals surface area contributed by atoms with Crippen molar-refractivity contribution in [2.45, 2.75) is 40.0 Å². The van der Waals surface area contributed by atoms with Crippen molar-refractivity contribution >= 4 is 17.9 Å². The number of esters is 3. The Labute approximate surface area is 95.1 Å². The molecule has 0 saturated heterocycles. The molecule has 0 saturated carbocycles. The highest BCUT2D eigenvalue weighted by molar-refractivity contribution is 6.03. The molecule has 0 aromatic heterocycles. The summed E-state index contributed by atoms with van der Waals surface area (Å²) < 4.78 is 9.11. The zero-order chi connectivity index (χ0) is 12.8. The summed E-state index contributed by atoms with van der Waals surface area (Å²) in [4.78, 5) is 34.1. The van der Waals surface area contributed by atoms with E-state index in [0.29, 0.717) is 12.8 Å². The maximum Gasteiger partial charge on any atom is 0.331 e. The van der Waals surface area contributed by atoms with Crippen LogP contribution in [-0.2, 0) is 23.9 Å². The standard InChI is InChI=1S/C11H18O5/c1-5-7-11(6-2,9(13)15-4)10(14)16-8(3)12/h5-7H2,1-4H3/t11-/m0/s1. The van der Waals surface area contributed by atoms with Gasteiger partial charge in [-0.05, 0) is 12.8 Å². The number of hydrogen-bond donors (Lipinski definition) is 0. The third-order valence-electron chi connectivity index (χ3n) is 2.48. The summed E-state index contributed by atoms with van der Waals surface area (Å²) >= 11 is 0. The second-order valence-corrected chi connectivity index (χ2v) is 3.56. The molecule has 0 fully saturated rings. The highest BCUT2D eigenvalue weighted by Gasteiger charge is 2.46. The third kappa shape index (κ3) is 3.05. The molecule has 0 heterocycles. The molecule has 0 bridgehead atoms. The molecular formula is C11H18O5. The lowest BCUT2D eigenvalue weighted by atomic mass is 9.81. The minimum atomic E-state index is -1.35. The van der Waals surface area contributed by atoms with Gasteiger partial charge < -0.3 is 9.47 Å². The van der Waals surface area contributed by atoms with Crippen molar-refractivity contribution in [3.05, 3.63) is 0 Å². The lowest BCUT2D eigenvalue weighted by Gasteiger charge is -2.26. The first-order chi connectivity index (χ1) is 7.44. The van der Waals surface area contributed by atoms with Crippen molar-refractivity contribution in [2.24, 2.45) is 5.41 Å². The number of ether oxygens (including phenoxy) is 2. The van der Waals surface area contributed by atoms with Crippen molar-refractivity contribution in [3.8, 4) is 0 Å². The van der Waals surface area contributed by atoms with Crippen molar-refractivity contribution < 1.29 is 23.9 Å². The summed E-state index contributed by atoms with van der Waals surface area (Å²) in [5.74, 6) is -2.19. The Hall–Kier alpha value is -1.39. The van der Waals surface area contributed by atoms with Gasteiger partial charge in [0.15, 0.2) is 5.41 Å². The summed E-state index contributed by atoms with van der Waals surface area (Å²) in [6, 6.07) is 0.